The first-order valence-electron chi connectivity index (χ1n) is 9.35. The van der Waals surface area contributed by atoms with Crippen molar-refractivity contribution in [1.82, 2.24) is 24.4 Å². The van der Waals surface area contributed by atoms with Crippen LogP contribution < -0.4 is 5.32 Å². The maximum atomic E-state index is 14.0. The summed E-state index contributed by atoms with van der Waals surface area (Å²) in [5.41, 5.74) is -1.11. The minimum atomic E-state index is -5.85. The van der Waals surface area contributed by atoms with Crippen molar-refractivity contribution in [2.24, 2.45) is 0 Å². The van der Waals surface area contributed by atoms with E-state index < -0.39 is 29.4 Å². The van der Waals surface area contributed by atoms with Crippen LogP contribution in [0.2, 0.25) is 5.02 Å². The highest BCUT2D eigenvalue weighted by Gasteiger charge is 2.60. The number of alkyl halides is 5. The minimum absolute atomic E-state index is 0.0874. The number of benzene rings is 1. The molecule has 1 amide bonds. The van der Waals surface area contributed by atoms with E-state index >= 15 is 0 Å². The van der Waals surface area contributed by atoms with Gasteiger partial charge in [0.1, 0.15) is 5.69 Å². The Morgan fingerprint density at radius 3 is 2.61 bits per heavy atom. The van der Waals surface area contributed by atoms with E-state index in [1.807, 2.05) is 6.07 Å². The number of nitrogens with zero attached hydrogens (tertiary/aromatic N) is 5. The first-order valence-corrected chi connectivity index (χ1v) is 9.72. The third-order valence-electron chi connectivity index (χ3n) is 4.59. The van der Waals surface area contributed by atoms with E-state index in [4.69, 9.17) is 11.6 Å². The average molecular weight is 485 g/mol. The molecular weight excluding hydrogens is 471 g/mol. The van der Waals surface area contributed by atoms with Crippen molar-refractivity contribution in [2.45, 2.75) is 25.6 Å². The van der Waals surface area contributed by atoms with Crippen molar-refractivity contribution >= 4 is 28.8 Å². The molecule has 3 heterocycles. The van der Waals surface area contributed by atoms with Crippen LogP contribution in [-0.2, 0) is 12.5 Å². The lowest BCUT2D eigenvalue weighted by molar-refractivity contribution is -0.291. The molecule has 13 heteroatoms. The molecule has 0 aliphatic heterocycles. The van der Waals surface area contributed by atoms with Gasteiger partial charge in [-0.25, -0.2) is 9.50 Å². The van der Waals surface area contributed by atoms with Crippen LogP contribution in [0.4, 0.5) is 27.6 Å². The molecule has 0 saturated carbocycles. The summed E-state index contributed by atoms with van der Waals surface area (Å²) in [5.74, 6) is -6.03. The number of anilines is 1. The standard InChI is InChI=1S/C20H14ClF5N6O/c1-11-5-16(19(22,23)20(24,25)26)32-17(28-11)7-15(30-32)18(33)29-14-8-27-31(10-14)9-12-3-2-4-13(21)6-12/h2-8,10H,9H2,1H3,(H,29,33). The number of carbonyl (C=O) groups excluding carboxylic acids is 1. The molecule has 4 aromatic rings. The highest BCUT2D eigenvalue weighted by atomic mass is 35.5. The zero-order chi connectivity index (χ0) is 24.0. The number of halogens is 6. The first-order chi connectivity index (χ1) is 15.4. The molecule has 7 nitrogen and oxygen atoms in total. The van der Waals surface area contributed by atoms with Crippen molar-refractivity contribution in [3.8, 4) is 0 Å². The van der Waals surface area contributed by atoms with Gasteiger partial charge in [0.25, 0.3) is 5.91 Å². The van der Waals surface area contributed by atoms with Crippen molar-refractivity contribution in [1.29, 1.82) is 0 Å². The van der Waals surface area contributed by atoms with Gasteiger partial charge in [0, 0.05) is 23.0 Å². The van der Waals surface area contributed by atoms with Crippen molar-refractivity contribution < 1.29 is 26.7 Å². The van der Waals surface area contributed by atoms with Crippen LogP contribution in [0.25, 0.3) is 5.65 Å². The summed E-state index contributed by atoms with van der Waals surface area (Å²) >= 11 is 5.95. The fourth-order valence-electron chi connectivity index (χ4n) is 3.11. The van der Waals surface area contributed by atoms with E-state index in [0.717, 1.165) is 11.6 Å². The lowest BCUT2D eigenvalue weighted by atomic mass is 10.2. The van der Waals surface area contributed by atoms with Gasteiger partial charge in [0.05, 0.1) is 18.4 Å². The molecular formula is C20H14ClF5N6O. The van der Waals surface area contributed by atoms with Crippen molar-refractivity contribution in [3.05, 3.63) is 76.5 Å². The van der Waals surface area contributed by atoms with Gasteiger partial charge in [-0.1, -0.05) is 23.7 Å². The van der Waals surface area contributed by atoms with Gasteiger partial charge in [0.15, 0.2) is 11.3 Å². The van der Waals surface area contributed by atoms with Gasteiger partial charge >= 0.3 is 12.1 Å². The zero-order valence-corrected chi connectivity index (χ0v) is 17.5. The number of fused-ring (bicyclic) bond motifs is 1. The molecule has 0 spiro atoms. The summed E-state index contributed by atoms with van der Waals surface area (Å²) in [7, 11) is 0. The second-order valence-corrected chi connectivity index (χ2v) is 7.60. The summed E-state index contributed by atoms with van der Waals surface area (Å²) in [4.78, 5) is 16.5. The van der Waals surface area contributed by atoms with E-state index in [-0.39, 0.29) is 17.0 Å². The Morgan fingerprint density at radius 1 is 1.15 bits per heavy atom. The number of amides is 1. The third-order valence-corrected chi connectivity index (χ3v) is 4.83. The van der Waals surface area contributed by atoms with Gasteiger partial charge in [-0.05, 0) is 30.7 Å². The molecule has 3 aromatic heterocycles. The number of aryl methyl sites for hydroxylation is 1. The lowest BCUT2D eigenvalue weighted by Gasteiger charge is -2.20. The van der Waals surface area contributed by atoms with Crippen molar-refractivity contribution in [3.63, 3.8) is 0 Å². The van der Waals surface area contributed by atoms with Crippen LogP contribution >= 0.6 is 11.6 Å². The number of hydrogen-bond donors (Lipinski definition) is 1. The summed E-state index contributed by atoms with van der Waals surface area (Å²) in [6.45, 7) is 1.63. The van der Waals surface area contributed by atoms with Gasteiger partial charge in [-0.15, -0.1) is 0 Å². The van der Waals surface area contributed by atoms with Crippen LogP contribution in [-0.4, -0.2) is 36.5 Å². The molecule has 0 unspecified atom stereocenters. The number of carbonyl (C=O) groups is 1. The monoisotopic (exact) mass is 484 g/mol. The Morgan fingerprint density at radius 2 is 1.91 bits per heavy atom. The quantitative estimate of drug-likeness (QED) is 0.411. The number of nitrogens with one attached hydrogen (secondary N) is 1. The Balaban J connectivity index is 1.58. The fraction of sp³-hybridized carbons (Fsp3) is 0.200. The zero-order valence-electron chi connectivity index (χ0n) is 16.7. The molecule has 0 saturated heterocycles. The minimum Gasteiger partial charge on any atom is -0.318 e. The maximum Gasteiger partial charge on any atom is 0.459 e. The molecule has 0 bridgehead atoms. The Bertz CT molecular complexity index is 1350. The van der Waals surface area contributed by atoms with Gasteiger partial charge in [0.2, 0.25) is 0 Å². The van der Waals surface area contributed by atoms with Gasteiger partial charge in [-0.3, -0.25) is 9.48 Å². The van der Waals surface area contributed by atoms with Crippen LogP contribution in [0.15, 0.2) is 48.8 Å². The van der Waals surface area contributed by atoms with E-state index in [2.05, 4.69) is 20.5 Å². The summed E-state index contributed by atoms with van der Waals surface area (Å²) in [5, 5.41) is 10.8. The molecule has 1 aromatic carbocycles. The van der Waals surface area contributed by atoms with Gasteiger partial charge < -0.3 is 5.32 Å². The summed E-state index contributed by atoms with van der Waals surface area (Å²) in [6.07, 6.45) is -2.98. The Hall–Kier alpha value is -3.54. The summed E-state index contributed by atoms with van der Waals surface area (Å²) < 4.78 is 68.6. The van der Waals surface area contributed by atoms with E-state index in [0.29, 0.717) is 22.1 Å². The largest absolute Gasteiger partial charge is 0.459 e. The molecule has 4 rings (SSSR count). The number of aromatic nitrogens is 5. The molecule has 172 valence electrons. The topological polar surface area (TPSA) is 77.1 Å². The molecule has 0 fully saturated rings. The van der Waals surface area contributed by atoms with Crippen LogP contribution in [0.1, 0.15) is 27.4 Å². The molecule has 33 heavy (non-hydrogen) atoms. The highest BCUT2D eigenvalue weighted by molar-refractivity contribution is 6.30. The normalized spacial score (nSPS) is 12.3. The maximum absolute atomic E-state index is 14.0. The van der Waals surface area contributed by atoms with Crippen LogP contribution in [0.3, 0.4) is 0 Å². The molecule has 1 N–H and O–H groups in total. The second-order valence-electron chi connectivity index (χ2n) is 7.17. The van der Waals surface area contributed by atoms with Crippen molar-refractivity contribution in [2.75, 3.05) is 5.32 Å². The van der Waals surface area contributed by atoms with Crippen LogP contribution in [0, 0.1) is 6.92 Å². The predicted octanol–water partition coefficient (Wildman–Crippen LogP) is 4.84. The first kappa shape index (κ1) is 22.6. The summed E-state index contributed by atoms with van der Waals surface area (Å²) in [6, 6.07) is 8.69. The molecule has 0 aliphatic rings. The molecule has 0 aliphatic carbocycles. The fourth-order valence-corrected chi connectivity index (χ4v) is 3.32. The average Bonchev–Trinajstić information content (AvgIpc) is 3.33. The third kappa shape index (κ3) is 4.51. The number of hydrogen-bond acceptors (Lipinski definition) is 4. The number of rotatable bonds is 5. The Labute approximate surface area is 187 Å². The molecule has 0 radical (unpaired) electrons. The van der Waals surface area contributed by atoms with Gasteiger partial charge in [-0.2, -0.15) is 32.1 Å². The predicted molar refractivity (Wildman–Crippen MR) is 108 cm³/mol. The lowest BCUT2D eigenvalue weighted by Crippen LogP contribution is -2.36. The smallest absolute Gasteiger partial charge is 0.318 e. The van der Waals surface area contributed by atoms with E-state index in [1.54, 1.807) is 18.2 Å². The SMILES string of the molecule is Cc1cc(C(F)(F)C(F)(F)F)n2nc(C(=O)Nc3cnn(Cc4cccc(Cl)c4)c3)cc2n1. The van der Waals surface area contributed by atoms with E-state index in [9.17, 15) is 26.7 Å². The van der Waals surface area contributed by atoms with Crippen LogP contribution in [0.5, 0.6) is 0 Å². The molecule has 0 atom stereocenters. The van der Waals surface area contributed by atoms with E-state index in [1.165, 1.54) is 24.0 Å². The highest BCUT2D eigenvalue weighted by Crippen LogP contribution is 2.43. The Kier molecular flexibility index (Phi) is 5.56. The second kappa shape index (κ2) is 8.10.